The monoisotopic (exact) mass is 587 g/mol. The molecule has 0 bridgehead atoms. The van der Waals surface area contributed by atoms with Crippen molar-refractivity contribution in [3.63, 3.8) is 0 Å². The lowest BCUT2D eigenvalue weighted by Crippen LogP contribution is -2.12. The molecule has 202 valence electrons. The number of nitrogens with one attached hydrogen (secondary N) is 1. The van der Waals surface area contributed by atoms with E-state index >= 15 is 0 Å². The van der Waals surface area contributed by atoms with Crippen molar-refractivity contribution in [3.8, 4) is 11.5 Å². The van der Waals surface area contributed by atoms with E-state index in [4.69, 9.17) is 27.9 Å². The highest BCUT2D eigenvalue weighted by molar-refractivity contribution is 7.85. The molecule has 0 aromatic heterocycles. The predicted octanol–water partition coefficient (Wildman–Crippen LogP) is 7.73. The summed E-state index contributed by atoms with van der Waals surface area (Å²) in [7, 11) is -4.49. The average Bonchev–Trinajstić information content (AvgIpc) is 2.89. The summed E-state index contributed by atoms with van der Waals surface area (Å²) < 4.78 is 38.3. The van der Waals surface area contributed by atoms with Crippen LogP contribution in [0.1, 0.15) is 29.8 Å². The molecule has 39 heavy (non-hydrogen) atoms. The largest absolute Gasteiger partial charge is 0.505 e. The number of halogens is 2. The third-order valence-electron chi connectivity index (χ3n) is 5.78. The van der Waals surface area contributed by atoms with E-state index in [-0.39, 0.29) is 38.8 Å². The first-order valence-electron chi connectivity index (χ1n) is 11.7. The van der Waals surface area contributed by atoms with Crippen LogP contribution in [0.3, 0.4) is 0 Å². The van der Waals surface area contributed by atoms with Gasteiger partial charge in [0, 0.05) is 11.1 Å². The van der Waals surface area contributed by atoms with Crippen LogP contribution >= 0.6 is 23.2 Å². The molecule has 0 radical (unpaired) electrons. The van der Waals surface area contributed by atoms with Crippen LogP contribution < -0.4 is 10.1 Å². The molecule has 3 N–H and O–H groups in total. The quantitative estimate of drug-likeness (QED) is 0.142. The summed E-state index contributed by atoms with van der Waals surface area (Å²) in [5.41, 5.74) is 0.739. The minimum absolute atomic E-state index is 0.0101. The van der Waals surface area contributed by atoms with E-state index in [1.165, 1.54) is 18.2 Å². The number of rotatable bonds is 8. The van der Waals surface area contributed by atoms with Crippen LogP contribution in [0, 0.1) is 0 Å². The highest BCUT2D eigenvalue weighted by atomic mass is 35.5. The topological polar surface area (TPSA) is 138 Å². The van der Waals surface area contributed by atoms with Gasteiger partial charge in [0.05, 0.1) is 27.1 Å². The Morgan fingerprint density at radius 1 is 1.00 bits per heavy atom. The summed E-state index contributed by atoms with van der Waals surface area (Å²) in [6, 6.07) is 15.8. The molecule has 12 heteroatoms. The lowest BCUT2D eigenvalue weighted by atomic mass is 10.0. The molecule has 4 aromatic carbocycles. The molecule has 0 spiro atoms. The number of hydrogen-bond acceptors (Lipinski definition) is 7. The maximum absolute atomic E-state index is 13.2. The van der Waals surface area contributed by atoms with E-state index in [1.54, 1.807) is 43.3 Å². The number of phenols is 1. The Labute approximate surface area is 234 Å². The number of phenolic OH excluding ortho intramolecular Hbond substituents is 1. The zero-order valence-corrected chi connectivity index (χ0v) is 23.1. The summed E-state index contributed by atoms with van der Waals surface area (Å²) in [4.78, 5) is 12.9. The number of aromatic hydroxyl groups is 1. The number of fused-ring (bicyclic) bond motifs is 1. The molecule has 0 saturated heterocycles. The van der Waals surface area contributed by atoms with Gasteiger partial charge in [0.25, 0.3) is 16.0 Å². The summed E-state index contributed by atoms with van der Waals surface area (Å²) >= 11 is 12.5. The van der Waals surface area contributed by atoms with Crippen LogP contribution in [0.15, 0.2) is 75.8 Å². The first-order chi connectivity index (χ1) is 18.5. The number of aryl methyl sites for hydroxylation is 1. The van der Waals surface area contributed by atoms with Crippen molar-refractivity contribution in [3.05, 3.63) is 81.8 Å². The number of nitrogens with zero attached hydrogens (tertiary/aromatic N) is 2. The molecule has 4 aromatic rings. The highest BCUT2D eigenvalue weighted by Gasteiger charge is 2.20. The average molecular weight is 588 g/mol. The van der Waals surface area contributed by atoms with Crippen LogP contribution in [0.4, 0.5) is 17.1 Å². The zero-order chi connectivity index (χ0) is 28.3. The SMILES string of the molecule is CCOc1ccc(NC(=O)c2cc3ccccc3c(N=Nc3cc(CC)c(S(=O)(=O)O)cc3Cl)c2O)cc1Cl. The minimum Gasteiger partial charge on any atom is -0.505 e. The van der Waals surface area contributed by atoms with Gasteiger partial charge in [-0.05, 0) is 60.7 Å². The molecular formula is C27H23Cl2N3O6S. The third kappa shape index (κ3) is 6.15. The Morgan fingerprint density at radius 2 is 1.74 bits per heavy atom. The van der Waals surface area contributed by atoms with Crippen molar-refractivity contribution in [1.82, 2.24) is 0 Å². The number of anilines is 1. The van der Waals surface area contributed by atoms with Gasteiger partial charge < -0.3 is 15.2 Å². The van der Waals surface area contributed by atoms with E-state index < -0.39 is 21.8 Å². The summed E-state index contributed by atoms with van der Waals surface area (Å²) in [6.07, 6.45) is 0.272. The van der Waals surface area contributed by atoms with E-state index in [9.17, 15) is 22.9 Å². The molecule has 0 aliphatic rings. The predicted molar refractivity (Wildman–Crippen MR) is 151 cm³/mol. The van der Waals surface area contributed by atoms with Crippen molar-refractivity contribution < 1.29 is 27.6 Å². The fourth-order valence-corrected chi connectivity index (χ4v) is 5.23. The van der Waals surface area contributed by atoms with E-state index in [2.05, 4.69) is 15.5 Å². The third-order valence-corrected chi connectivity index (χ3v) is 7.31. The lowest BCUT2D eigenvalue weighted by Gasteiger charge is -2.12. The van der Waals surface area contributed by atoms with Crippen LogP contribution in [0.5, 0.6) is 11.5 Å². The number of hydrogen-bond donors (Lipinski definition) is 3. The minimum atomic E-state index is -4.49. The molecule has 1 amide bonds. The Kier molecular flexibility index (Phi) is 8.41. The molecule has 0 aliphatic heterocycles. The number of carbonyl (C=O) groups is 1. The Bertz CT molecular complexity index is 1720. The first-order valence-corrected chi connectivity index (χ1v) is 13.9. The van der Waals surface area contributed by atoms with Gasteiger partial charge in [-0.3, -0.25) is 9.35 Å². The van der Waals surface area contributed by atoms with E-state index in [0.29, 0.717) is 33.8 Å². The number of azo groups is 1. The van der Waals surface area contributed by atoms with Gasteiger partial charge in [0.2, 0.25) is 0 Å². The number of amides is 1. The van der Waals surface area contributed by atoms with Gasteiger partial charge in [-0.15, -0.1) is 10.2 Å². The standard InChI is InChI=1S/C27H23Cl2N3O6S/c1-3-15-12-22(20(28)14-24(15)39(35,36)37)31-32-25-18-8-6-5-7-16(18)11-19(26(25)33)27(34)30-17-9-10-23(38-4-2)21(29)13-17/h5-14,33H,3-4H2,1-2H3,(H,30,34)(H,35,36,37). The second-order valence-corrected chi connectivity index (χ2v) is 10.5. The van der Waals surface area contributed by atoms with Gasteiger partial charge in [0.1, 0.15) is 17.1 Å². The molecular weight excluding hydrogens is 565 g/mol. The Balaban J connectivity index is 1.76. The van der Waals surface area contributed by atoms with Crippen LogP contribution in [-0.2, 0) is 16.5 Å². The zero-order valence-electron chi connectivity index (χ0n) is 20.8. The van der Waals surface area contributed by atoms with Gasteiger partial charge in [-0.25, -0.2) is 0 Å². The normalized spacial score (nSPS) is 11.7. The molecule has 0 heterocycles. The fourth-order valence-electron chi connectivity index (χ4n) is 3.93. The maximum atomic E-state index is 13.2. The number of benzene rings is 4. The Morgan fingerprint density at radius 3 is 2.41 bits per heavy atom. The molecule has 0 atom stereocenters. The van der Waals surface area contributed by atoms with Gasteiger partial charge >= 0.3 is 0 Å². The van der Waals surface area contributed by atoms with Crippen molar-refractivity contribution >= 4 is 67.1 Å². The van der Waals surface area contributed by atoms with Gasteiger partial charge in [0.15, 0.2) is 5.75 Å². The molecule has 0 unspecified atom stereocenters. The first kappa shape index (κ1) is 28.3. The molecule has 0 fully saturated rings. The van der Waals surface area contributed by atoms with Crippen molar-refractivity contribution in [2.75, 3.05) is 11.9 Å². The maximum Gasteiger partial charge on any atom is 0.294 e. The Hall–Kier alpha value is -3.70. The van der Waals surface area contributed by atoms with Gasteiger partial charge in [-0.2, -0.15) is 8.42 Å². The smallest absolute Gasteiger partial charge is 0.294 e. The highest BCUT2D eigenvalue weighted by Crippen LogP contribution is 2.41. The molecule has 0 saturated carbocycles. The van der Waals surface area contributed by atoms with Crippen molar-refractivity contribution in [2.45, 2.75) is 25.2 Å². The lowest BCUT2D eigenvalue weighted by molar-refractivity contribution is 0.102. The van der Waals surface area contributed by atoms with Crippen molar-refractivity contribution in [1.29, 1.82) is 0 Å². The summed E-state index contributed by atoms with van der Waals surface area (Å²) in [6.45, 7) is 3.97. The number of carbonyl (C=O) groups excluding carboxylic acids is 1. The molecule has 0 aliphatic carbocycles. The van der Waals surface area contributed by atoms with E-state index in [1.807, 2.05) is 6.92 Å². The van der Waals surface area contributed by atoms with Crippen LogP contribution in [0.25, 0.3) is 10.8 Å². The molecule has 4 rings (SSSR count). The van der Waals surface area contributed by atoms with Gasteiger partial charge in [-0.1, -0.05) is 54.4 Å². The van der Waals surface area contributed by atoms with Crippen molar-refractivity contribution in [2.24, 2.45) is 10.2 Å². The molecule has 9 nitrogen and oxygen atoms in total. The van der Waals surface area contributed by atoms with Crippen LogP contribution in [0.2, 0.25) is 10.0 Å². The summed E-state index contributed by atoms with van der Waals surface area (Å²) in [5.74, 6) is -0.560. The fraction of sp³-hybridized carbons (Fsp3) is 0.148. The second kappa shape index (κ2) is 11.6. The number of ether oxygens (including phenoxy) is 1. The summed E-state index contributed by atoms with van der Waals surface area (Å²) in [5, 5.41) is 23.5. The van der Waals surface area contributed by atoms with E-state index in [0.717, 1.165) is 6.07 Å². The van der Waals surface area contributed by atoms with Crippen LogP contribution in [-0.4, -0.2) is 30.6 Å². The second-order valence-electron chi connectivity index (χ2n) is 8.31.